The quantitative estimate of drug-likeness (QED) is 0.890. The maximum atomic E-state index is 6.28. The van der Waals surface area contributed by atoms with Gasteiger partial charge in [-0.25, -0.2) is 0 Å². The summed E-state index contributed by atoms with van der Waals surface area (Å²) in [7, 11) is 3.62. The Morgan fingerprint density at radius 2 is 2.15 bits per heavy atom. The summed E-state index contributed by atoms with van der Waals surface area (Å²) in [6, 6.07) is 8.13. The van der Waals surface area contributed by atoms with Crippen LogP contribution in [0.3, 0.4) is 0 Å². The van der Waals surface area contributed by atoms with E-state index in [-0.39, 0.29) is 6.04 Å². The van der Waals surface area contributed by atoms with Crippen molar-refractivity contribution in [3.05, 3.63) is 46.7 Å². The molecule has 4 nitrogen and oxygen atoms in total. The predicted molar refractivity (Wildman–Crippen MR) is 81.4 cm³/mol. The van der Waals surface area contributed by atoms with E-state index in [4.69, 9.17) is 16.3 Å². The van der Waals surface area contributed by atoms with Crippen molar-refractivity contribution in [3.8, 4) is 5.75 Å². The number of hydrogen-bond donors (Lipinski definition) is 1. The third-order valence-corrected chi connectivity index (χ3v) is 3.72. The van der Waals surface area contributed by atoms with Crippen LogP contribution in [0.5, 0.6) is 5.75 Å². The van der Waals surface area contributed by atoms with Gasteiger partial charge in [-0.3, -0.25) is 4.68 Å². The van der Waals surface area contributed by atoms with Gasteiger partial charge in [0.1, 0.15) is 5.75 Å². The van der Waals surface area contributed by atoms with Crippen LogP contribution in [0.25, 0.3) is 0 Å². The first-order chi connectivity index (χ1) is 9.71. The Kier molecular flexibility index (Phi) is 5.04. The van der Waals surface area contributed by atoms with Gasteiger partial charge in [0.05, 0.1) is 30.1 Å². The number of nitrogens with zero attached hydrogens (tertiary/aromatic N) is 2. The first-order valence-electron chi connectivity index (χ1n) is 6.71. The van der Waals surface area contributed by atoms with Crippen molar-refractivity contribution in [3.63, 3.8) is 0 Å². The van der Waals surface area contributed by atoms with Crippen molar-refractivity contribution in [1.82, 2.24) is 15.1 Å². The molecule has 5 heteroatoms. The van der Waals surface area contributed by atoms with Crippen molar-refractivity contribution in [1.29, 1.82) is 0 Å². The zero-order valence-electron chi connectivity index (χ0n) is 12.1. The Morgan fingerprint density at radius 3 is 2.80 bits per heavy atom. The van der Waals surface area contributed by atoms with E-state index in [2.05, 4.69) is 23.4 Å². The standard InChI is InChI=1S/C15H20ClN3O/c1-4-19-15(12(16)10-18-19)13(17-2)9-11-7-5-6-8-14(11)20-3/h5-8,10,13,17H,4,9H2,1-3H3. The number of para-hydroxylation sites is 1. The van der Waals surface area contributed by atoms with Crippen molar-refractivity contribution in [2.24, 2.45) is 0 Å². The summed E-state index contributed by atoms with van der Waals surface area (Å²) in [4.78, 5) is 0. The number of ether oxygens (including phenoxy) is 1. The molecule has 0 saturated heterocycles. The normalized spacial score (nSPS) is 12.4. The highest BCUT2D eigenvalue weighted by atomic mass is 35.5. The molecule has 1 atom stereocenters. The molecule has 0 spiro atoms. The lowest BCUT2D eigenvalue weighted by Crippen LogP contribution is -2.23. The second kappa shape index (κ2) is 6.77. The van der Waals surface area contributed by atoms with Gasteiger partial charge in [-0.2, -0.15) is 5.10 Å². The molecule has 1 unspecified atom stereocenters. The molecule has 2 aromatic rings. The van der Waals surface area contributed by atoms with Crippen molar-refractivity contribution in [2.45, 2.75) is 25.9 Å². The van der Waals surface area contributed by atoms with Crippen molar-refractivity contribution >= 4 is 11.6 Å². The van der Waals surface area contributed by atoms with E-state index in [1.807, 2.05) is 29.9 Å². The zero-order chi connectivity index (χ0) is 14.5. The summed E-state index contributed by atoms with van der Waals surface area (Å²) in [6.07, 6.45) is 2.50. The molecule has 0 aliphatic rings. The average Bonchev–Trinajstić information content (AvgIpc) is 2.86. The van der Waals surface area contributed by atoms with Gasteiger partial charge >= 0.3 is 0 Å². The number of methoxy groups -OCH3 is 1. The fraction of sp³-hybridized carbons (Fsp3) is 0.400. The Bertz CT molecular complexity index is 568. The molecule has 1 heterocycles. The van der Waals surface area contributed by atoms with E-state index in [1.165, 1.54) is 0 Å². The Labute approximate surface area is 124 Å². The lowest BCUT2D eigenvalue weighted by Gasteiger charge is -2.19. The number of halogens is 1. The SMILES string of the molecule is CCn1ncc(Cl)c1C(Cc1ccccc1OC)NC. The molecular weight excluding hydrogens is 274 g/mol. The Hall–Kier alpha value is -1.52. The van der Waals surface area contributed by atoms with Crippen LogP contribution < -0.4 is 10.1 Å². The van der Waals surface area contributed by atoms with E-state index in [0.29, 0.717) is 5.02 Å². The molecular formula is C15H20ClN3O. The zero-order valence-corrected chi connectivity index (χ0v) is 12.8. The van der Waals surface area contributed by atoms with Gasteiger partial charge < -0.3 is 10.1 Å². The molecule has 1 aromatic carbocycles. The van der Waals surface area contributed by atoms with Crippen LogP contribution in [0.2, 0.25) is 5.02 Å². The summed E-state index contributed by atoms with van der Waals surface area (Å²) >= 11 is 6.28. The van der Waals surface area contributed by atoms with Crippen LogP contribution in [0.15, 0.2) is 30.5 Å². The van der Waals surface area contributed by atoms with Gasteiger partial charge in [-0.1, -0.05) is 29.8 Å². The molecule has 0 bridgehead atoms. The second-order valence-corrected chi connectivity index (χ2v) is 4.96. The average molecular weight is 294 g/mol. The number of aryl methyl sites for hydroxylation is 1. The van der Waals surface area contributed by atoms with Crippen LogP contribution in [0, 0.1) is 0 Å². The van der Waals surface area contributed by atoms with Crippen LogP contribution in [0.1, 0.15) is 24.2 Å². The first kappa shape index (κ1) is 14.9. The number of nitrogens with one attached hydrogen (secondary N) is 1. The van der Waals surface area contributed by atoms with Gasteiger partial charge in [0.15, 0.2) is 0 Å². The Morgan fingerprint density at radius 1 is 1.40 bits per heavy atom. The summed E-state index contributed by atoms with van der Waals surface area (Å²) in [5, 5.41) is 8.32. The third kappa shape index (κ3) is 2.97. The smallest absolute Gasteiger partial charge is 0.122 e. The van der Waals surface area contributed by atoms with E-state index >= 15 is 0 Å². The fourth-order valence-corrected chi connectivity index (χ4v) is 2.67. The van der Waals surface area contributed by atoms with Crippen LogP contribution in [0.4, 0.5) is 0 Å². The van der Waals surface area contributed by atoms with E-state index in [1.54, 1.807) is 13.3 Å². The van der Waals surface area contributed by atoms with Crippen LogP contribution in [-0.4, -0.2) is 23.9 Å². The molecule has 108 valence electrons. The molecule has 20 heavy (non-hydrogen) atoms. The molecule has 2 rings (SSSR count). The highest BCUT2D eigenvalue weighted by Gasteiger charge is 2.20. The summed E-state index contributed by atoms with van der Waals surface area (Å²) < 4.78 is 7.34. The van der Waals surface area contributed by atoms with Gasteiger partial charge in [-0.15, -0.1) is 0 Å². The van der Waals surface area contributed by atoms with Crippen molar-refractivity contribution in [2.75, 3.05) is 14.2 Å². The summed E-state index contributed by atoms with van der Waals surface area (Å²) in [5.74, 6) is 0.895. The molecule has 0 radical (unpaired) electrons. The van der Waals surface area contributed by atoms with Crippen LogP contribution in [-0.2, 0) is 13.0 Å². The van der Waals surface area contributed by atoms with Gasteiger partial charge in [0.2, 0.25) is 0 Å². The van der Waals surface area contributed by atoms with Crippen molar-refractivity contribution < 1.29 is 4.74 Å². The molecule has 0 saturated carbocycles. The largest absolute Gasteiger partial charge is 0.496 e. The third-order valence-electron chi connectivity index (χ3n) is 3.43. The fourth-order valence-electron chi connectivity index (χ4n) is 2.40. The first-order valence-corrected chi connectivity index (χ1v) is 7.09. The number of likely N-dealkylation sites (N-methyl/N-ethyl adjacent to an activating group) is 1. The number of hydrogen-bond acceptors (Lipinski definition) is 3. The van der Waals surface area contributed by atoms with Gasteiger partial charge in [0.25, 0.3) is 0 Å². The topological polar surface area (TPSA) is 39.1 Å². The lowest BCUT2D eigenvalue weighted by molar-refractivity contribution is 0.405. The highest BCUT2D eigenvalue weighted by molar-refractivity contribution is 6.31. The molecule has 0 aliphatic carbocycles. The minimum Gasteiger partial charge on any atom is -0.496 e. The molecule has 0 aliphatic heterocycles. The summed E-state index contributed by atoms with van der Waals surface area (Å²) in [6.45, 7) is 2.86. The molecule has 0 fully saturated rings. The minimum atomic E-state index is 0.0984. The monoisotopic (exact) mass is 293 g/mol. The lowest BCUT2D eigenvalue weighted by atomic mass is 10.0. The van der Waals surface area contributed by atoms with E-state index in [0.717, 1.165) is 30.0 Å². The number of aromatic nitrogens is 2. The van der Waals surface area contributed by atoms with E-state index < -0.39 is 0 Å². The maximum Gasteiger partial charge on any atom is 0.122 e. The van der Waals surface area contributed by atoms with Crippen LogP contribution >= 0.6 is 11.6 Å². The molecule has 1 aromatic heterocycles. The molecule has 1 N–H and O–H groups in total. The minimum absolute atomic E-state index is 0.0984. The van der Waals surface area contributed by atoms with Gasteiger partial charge in [0, 0.05) is 6.54 Å². The predicted octanol–water partition coefficient (Wildman–Crippen LogP) is 3.07. The van der Waals surface area contributed by atoms with Gasteiger partial charge in [-0.05, 0) is 32.0 Å². The highest BCUT2D eigenvalue weighted by Crippen LogP contribution is 2.28. The Balaban J connectivity index is 2.31. The maximum absolute atomic E-state index is 6.28. The number of benzene rings is 1. The second-order valence-electron chi connectivity index (χ2n) is 4.55. The molecule has 0 amide bonds. The van der Waals surface area contributed by atoms with E-state index in [9.17, 15) is 0 Å². The summed E-state index contributed by atoms with van der Waals surface area (Å²) in [5.41, 5.74) is 2.16. The number of rotatable bonds is 6.